The summed E-state index contributed by atoms with van der Waals surface area (Å²) in [6.45, 7) is 2.67. The maximum absolute atomic E-state index is 12.5. The minimum absolute atomic E-state index is 0.0107. The van der Waals surface area contributed by atoms with E-state index in [1.165, 1.54) is 4.88 Å². The molecule has 1 aliphatic rings. The summed E-state index contributed by atoms with van der Waals surface area (Å²) in [5.41, 5.74) is 1.27. The largest absolute Gasteiger partial charge is 0.329 e. The highest BCUT2D eigenvalue weighted by molar-refractivity contribution is 7.10. The van der Waals surface area contributed by atoms with E-state index in [4.69, 9.17) is 0 Å². The second kappa shape index (κ2) is 5.09. The number of carbonyl (C=O) groups is 1. The van der Waals surface area contributed by atoms with Crippen LogP contribution in [0.15, 0.2) is 29.9 Å². The molecule has 0 aliphatic carbocycles. The lowest BCUT2D eigenvalue weighted by Crippen LogP contribution is -2.30. The van der Waals surface area contributed by atoms with E-state index < -0.39 is 0 Å². The Morgan fingerprint density at radius 1 is 1.42 bits per heavy atom. The minimum atomic E-state index is -0.0107. The lowest BCUT2D eigenvalue weighted by Gasteiger charge is -2.23. The first-order valence-corrected chi connectivity index (χ1v) is 7.26. The van der Waals surface area contributed by atoms with Crippen molar-refractivity contribution in [3.05, 3.63) is 46.2 Å². The maximum atomic E-state index is 12.5. The molecule has 98 valence electrons. The molecule has 0 aromatic carbocycles. The molecule has 0 bridgehead atoms. The van der Waals surface area contributed by atoms with Crippen LogP contribution in [-0.4, -0.2) is 27.3 Å². The van der Waals surface area contributed by atoms with Gasteiger partial charge < -0.3 is 4.90 Å². The summed E-state index contributed by atoms with van der Waals surface area (Å²) in [5, 5.41) is 2.06. The first kappa shape index (κ1) is 12.3. The Bertz CT molecular complexity index is 565. The molecule has 1 amide bonds. The van der Waals surface area contributed by atoms with Crippen molar-refractivity contribution in [1.82, 2.24) is 14.9 Å². The van der Waals surface area contributed by atoms with E-state index in [1.807, 2.05) is 17.9 Å². The van der Waals surface area contributed by atoms with E-state index in [0.717, 1.165) is 25.1 Å². The van der Waals surface area contributed by atoms with Crippen molar-refractivity contribution in [1.29, 1.82) is 0 Å². The van der Waals surface area contributed by atoms with Crippen LogP contribution in [0.4, 0.5) is 0 Å². The molecule has 0 spiro atoms. The summed E-state index contributed by atoms with van der Waals surface area (Å²) >= 11 is 1.71. The predicted octanol–water partition coefficient (Wildman–Crippen LogP) is 2.82. The number of thiophene rings is 1. The Kier molecular flexibility index (Phi) is 3.29. The number of carbonyl (C=O) groups excluding carboxylic acids is 1. The van der Waals surface area contributed by atoms with Gasteiger partial charge in [0.25, 0.3) is 5.91 Å². The van der Waals surface area contributed by atoms with Crippen molar-refractivity contribution < 1.29 is 4.79 Å². The number of rotatable bonds is 2. The van der Waals surface area contributed by atoms with E-state index in [9.17, 15) is 4.79 Å². The molecular weight excluding hydrogens is 258 g/mol. The van der Waals surface area contributed by atoms with Crippen LogP contribution in [0.25, 0.3) is 0 Å². The summed E-state index contributed by atoms with van der Waals surface area (Å²) in [7, 11) is 0. The highest BCUT2D eigenvalue weighted by atomic mass is 32.1. The molecule has 1 atom stereocenters. The summed E-state index contributed by atoms with van der Waals surface area (Å²) < 4.78 is 0. The molecule has 1 aliphatic heterocycles. The molecule has 0 N–H and O–H groups in total. The predicted molar refractivity (Wildman–Crippen MR) is 74.1 cm³/mol. The van der Waals surface area contributed by atoms with Crippen molar-refractivity contribution in [2.24, 2.45) is 0 Å². The Labute approximate surface area is 116 Å². The van der Waals surface area contributed by atoms with Gasteiger partial charge in [-0.05, 0) is 31.2 Å². The molecule has 0 radical (unpaired) electrons. The Hall–Kier alpha value is -1.75. The smallest absolute Gasteiger partial charge is 0.274 e. The lowest BCUT2D eigenvalue weighted by atomic mass is 10.2. The number of nitrogens with zero attached hydrogens (tertiary/aromatic N) is 3. The van der Waals surface area contributed by atoms with Crippen molar-refractivity contribution >= 4 is 17.2 Å². The Balaban J connectivity index is 1.84. The third-order valence-electron chi connectivity index (χ3n) is 3.39. The van der Waals surface area contributed by atoms with Crippen molar-refractivity contribution in [2.75, 3.05) is 6.54 Å². The zero-order valence-corrected chi connectivity index (χ0v) is 11.6. The fraction of sp³-hybridized carbons (Fsp3) is 0.357. The van der Waals surface area contributed by atoms with Gasteiger partial charge >= 0.3 is 0 Å². The van der Waals surface area contributed by atoms with Crippen LogP contribution < -0.4 is 0 Å². The molecule has 1 unspecified atom stereocenters. The zero-order valence-electron chi connectivity index (χ0n) is 10.7. The number of aromatic nitrogens is 2. The fourth-order valence-electron chi connectivity index (χ4n) is 2.44. The van der Waals surface area contributed by atoms with Gasteiger partial charge in [-0.25, -0.2) is 4.98 Å². The van der Waals surface area contributed by atoms with Gasteiger partial charge in [0, 0.05) is 17.6 Å². The summed E-state index contributed by atoms with van der Waals surface area (Å²) in [4.78, 5) is 24.0. The van der Waals surface area contributed by atoms with Gasteiger partial charge in [0.1, 0.15) is 5.69 Å². The highest BCUT2D eigenvalue weighted by Gasteiger charge is 2.31. The Morgan fingerprint density at radius 2 is 2.32 bits per heavy atom. The second-order valence-electron chi connectivity index (χ2n) is 4.72. The molecule has 5 heteroatoms. The normalized spacial score (nSPS) is 18.8. The van der Waals surface area contributed by atoms with Crippen LogP contribution in [0.3, 0.4) is 0 Å². The number of aryl methyl sites for hydroxylation is 1. The Morgan fingerprint density at radius 3 is 3.00 bits per heavy atom. The van der Waals surface area contributed by atoms with Crippen LogP contribution >= 0.6 is 11.3 Å². The highest BCUT2D eigenvalue weighted by Crippen LogP contribution is 2.35. The molecule has 0 saturated carbocycles. The fourth-order valence-corrected chi connectivity index (χ4v) is 3.31. The van der Waals surface area contributed by atoms with Gasteiger partial charge in [0.05, 0.1) is 17.9 Å². The van der Waals surface area contributed by atoms with E-state index in [2.05, 4.69) is 21.4 Å². The quantitative estimate of drug-likeness (QED) is 0.845. The van der Waals surface area contributed by atoms with E-state index in [1.54, 1.807) is 23.7 Å². The lowest BCUT2D eigenvalue weighted by molar-refractivity contribution is 0.0731. The average molecular weight is 273 g/mol. The third kappa shape index (κ3) is 2.38. The summed E-state index contributed by atoms with van der Waals surface area (Å²) in [6, 6.07) is 4.34. The van der Waals surface area contributed by atoms with Gasteiger partial charge in [-0.2, -0.15) is 0 Å². The molecule has 19 heavy (non-hydrogen) atoms. The maximum Gasteiger partial charge on any atom is 0.274 e. The zero-order chi connectivity index (χ0) is 13.2. The molecule has 2 aromatic heterocycles. The van der Waals surface area contributed by atoms with Crippen LogP contribution in [0, 0.1) is 6.92 Å². The third-order valence-corrected chi connectivity index (χ3v) is 4.36. The minimum Gasteiger partial charge on any atom is -0.329 e. The molecule has 1 saturated heterocycles. The van der Waals surface area contributed by atoms with Gasteiger partial charge in [0.15, 0.2) is 0 Å². The number of hydrogen-bond donors (Lipinski definition) is 0. The monoisotopic (exact) mass is 273 g/mol. The molecule has 2 aromatic rings. The van der Waals surface area contributed by atoms with Gasteiger partial charge in [-0.15, -0.1) is 11.3 Å². The number of amides is 1. The second-order valence-corrected chi connectivity index (χ2v) is 5.69. The summed E-state index contributed by atoms with van der Waals surface area (Å²) in [5.74, 6) is -0.0107. The van der Waals surface area contributed by atoms with Crippen LogP contribution in [0.5, 0.6) is 0 Å². The molecule has 4 nitrogen and oxygen atoms in total. The van der Waals surface area contributed by atoms with E-state index in [0.29, 0.717) is 5.69 Å². The van der Waals surface area contributed by atoms with Crippen LogP contribution in [0.2, 0.25) is 0 Å². The first-order valence-electron chi connectivity index (χ1n) is 6.39. The molecule has 1 fully saturated rings. The van der Waals surface area contributed by atoms with Gasteiger partial charge in [0.2, 0.25) is 0 Å². The number of hydrogen-bond acceptors (Lipinski definition) is 4. The molecule has 3 heterocycles. The van der Waals surface area contributed by atoms with Gasteiger partial charge in [-0.1, -0.05) is 6.07 Å². The average Bonchev–Trinajstić information content (AvgIpc) is 3.09. The first-order chi connectivity index (χ1) is 9.25. The molecule has 3 rings (SSSR count). The van der Waals surface area contributed by atoms with Gasteiger partial charge in [-0.3, -0.25) is 9.78 Å². The summed E-state index contributed by atoms with van der Waals surface area (Å²) in [6.07, 6.45) is 5.30. The van der Waals surface area contributed by atoms with Crippen LogP contribution in [-0.2, 0) is 0 Å². The van der Waals surface area contributed by atoms with E-state index >= 15 is 0 Å². The topological polar surface area (TPSA) is 46.1 Å². The molecular formula is C14H15N3OS. The van der Waals surface area contributed by atoms with Crippen molar-refractivity contribution in [2.45, 2.75) is 25.8 Å². The van der Waals surface area contributed by atoms with E-state index in [-0.39, 0.29) is 11.9 Å². The van der Waals surface area contributed by atoms with Crippen molar-refractivity contribution in [3.8, 4) is 0 Å². The standard InChI is InChI=1S/C14H15N3OS/c1-10-8-16-11(9-15-10)14(18)17-6-2-4-12(17)13-5-3-7-19-13/h3,5,7-9,12H,2,4,6H2,1H3. The SMILES string of the molecule is Cc1cnc(C(=O)N2CCCC2c2cccs2)cn1. The van der Waals surface area contributed by atoms with Crippen molar-refractivity contribution in [3.63, 3.8) is 0 Å². The van der Waals surface area contributed by atoms with Crippen LogP contribution in [0.1, 0.15) is 39.9 Å². The number of likely N-dealkylation sites (tertiary alicyclic amines) is 1.